The molecule has 3 atom stereocenters. The first-order valence-corrected chi connectivity index (χ1v) is 11.1. The number of carbonyl (C=O) groups is 1. The monoisotopic (exact) mass is 438 g/mol. The topological polar surface area (TPSA) is 75.2 Å². The Bertz CT molecular complexity index is 1280. The summed E-state index contributed by atoms with van der Waals surface area (Å²) in [7, 11) is 1.63. The molecule has 0 bridgehead atoms. The molecule has 4 aromatic rings. The summed E-state index contributed by atoms with van der Waals surface area (Å²) in [5.74, 6) is -0.579. The Morgan fingerprint density at radius 3 is 2.33 bits per heavy atom. The van der Waals surface area contributed by atoms with Gasteiger partial charge in [0, 0.05) is 40.3 Å². The lowest BCUT2D eigenvalue weighted by molar-refractivity contribution is -0.00752. The number of nitrogens with one attached hydrogen (secondary N) is 1. The molecular weight excluding hydrogens is 412 g/mol. The van der Waals surface area contributed by atoms with Crippen molar-refractivity contribution in [3.8, 4) is 17.0 Å². The van der Waals surface area contributed by atoms with Crippen molar-refractivity contribution in [2.24, 2.45) is 5.92 Å². The minimum Gasteiger partial charge on any atom is -0.496 e. The molecule has 0 spiro atoms. The maximum absolute atomic E-state index is 13.9. The van der Waals surface area contributed by atoms with Crippen LogP contribution in [0.1, 0.15) is 40.0 Å². The second-order valence-corrected chi connectivity index (χ2v) is 8.79. The lowest BCUT2D eigenvalue weighted by Gasteiger charge is -2.42. The molecule has 0 radical (unpaired) electrons. The fourth-order valence-corrected chi connectivity index (χ4v) is 5.14. The average molecular weight is 439 g/mol. The van der Waals surface area contributed by atoms with Gasteiger partial charge in [0.05, 0.1) is 24.3 Å². The van der Waals surface area contributed by atoms with Gasteiger partial charge in [-0.1, -0.05) is 78.9 Å². The Kier molecular flexibility index (Phi) is 5.35. The number of hydrogen-bond acceptors (Lipinski definition) is 4. The van der Waals surface area contributed by atoms with Crippen LogP contribution in [0.15, 0.2) is 84.9 Å². The third-order valence-electron chi connectivity index (χ3n) is 6.59. The van der Waals surface area contributed by atoms with Crippen molar-refractivity contribution in [3.63, 3.8) is 0 Å². The van der Waals surface area contributed by atoms with Gasteiger partial charge in [0.2, 0.25) is 0 Å². The lowest BCUT2D eigenvalue weighted by atomic mass is 9.63. The average Bonchev–Trinajstić information content (AvgIpc) is 3.26. The van der Waals surface area contributed by atoms with Gasteiger partial charge in [-0.05, 0) is 13.0 Å². The number of methoxy groups -OCH3 is 1. The molecule has 1 aromatic heterocycles. The number of H-pyrrole nitrogens is 1. The van der Waals surface area contributed by atoms with E-state index in [-0.39, 0.29) is 5.78 Å². The molecule has 166 valence electrons. The van der Waals surface area contributed by atoms with Crippen molar-refractivity contribution < 1.29 is 14.6 Å². The zero-order valence-electron chi connectivity index (χ0n) is 18.7. The third kappa shape index (κ3) is 3.64. The van der Waals surface area contributed by atoms with E-state index < -0.39 is 17.4 Å². The maximum atomic E-state index is 13.9. The quantitative estimate of drug-likeness (QED) is 0.429. The predicted molar refractivity (Wildman–Crippen MR) is 127 cm³/mol. The molecule has 5 heteroatoms. The number of rotatable bonds is 5. The molecular formula is C28H26N2O3. The fraction of sp³-hybridized carbons (Fsp3) is 0.214. The number of aromatic nitrogens is 2. The summed E-state index contributed by atoms with van der Waals surface area (Å²) in [5, 5.41) is 19.5. The minimum absolute atomic E-state index is 0.0950. The van der Waals surface area contributed by atoms with Gasteiger partial charge in [-0.15, -0.1) is 0 Å². The summed E-state index contributed by atoms with van der Waals surface area (Å²) in [4.78, 5) is 13.9. The van der Waals surface area contributed by atoms with Crippen LogP contribution < -0.4 is 4.74 Å². The zero-order valence-corrected chi connectivity index (χ0v) is 18.7. The molecule has 0 aliphatic heterocycles. The number of ketones is 1. The maximum Gasteiger partial charge on any atom is 0.169 e. The molecule has 33 heavy (non-hydrogen) atoms. The number of benzene rings is 3. The molecule has 1 aliphatic carbocycles. The van der Waals surface area contributed by atoms with Crippen LogP contribution in [0.25, 0.3) is 11.3 Å². The van der Waals surface area contributed by atoms with Crippen molar-refractivity contribution in [3.05, 3.63) is 107 Å². The normalized spacial score (nSPS) is 21.9. The first-order chi connectivity index (χ1) is 16.0. The summed E-state index contributed by atoms with van der Waals surface area (Å²) in [6.45, 7) is 1.74. The van der Waals surface area contributed by atoms with Gasteiger partial charge in [0.1, 0.15) is 5.75 Å². The van der Waals surface area contributed by atoms with Gasteiger partial charge in [-0.25, -0.2) is 0 Å². The second-order valence-electron chi connectivity index (χ2n) is 8.79. The highest BCUT2D eigenvalue weighted by molar-refractivity contribution is 6.00. The number of ether oxygens (including phenoxy) is 1. The molecule has 1 aliphatic rings. The summed E-state index contributed by atoms with van der Waals surface area (Å²) in [6.07, 6.45) is 0.303. The summed E-state index contributed by atoms with van der Waals surface area (Å²) < 4.78 is 5.71. The largest absolute Gasteiger partial charge is 0.496 e. The van der Waals surface area contributed by atoms with Crippen LogP contribution in [-0.4, -0.2) is 33.8 Å². The highest BCUT2D eigenvalue weighted by Gasteiger charge is 2.51. The number of nitrogens with zero attached hydrogens (tertiary/aromatic N) is 1. The van der Waals surface area contributed by atoms with E-state index in [2.05, 4.69) is 10.2 Å². The van der Waals surface area contributed by atoms with E-state index in [1.54, 1.807) is 26.2 Å². The van der Waals surface area contributed by atoms with Crippen molar-refractivity contribution in [1.82, 2.24) is 10.2 Å². The first-order valence-electron chi connectivity index (χ1n) is 11.1. The van der Waals surface area contributed by atoms with E-state index in [1.807, 2.05) is 72.8 Å². The highest BCUT2D eigenvalue weighted by atomic mass is 16.5. The summed E-state index contributed by atoms with van der Waals surface area (Å²) in [6, 6.07) is 26.8. The van der Waals surface area contributed by atoms with Crippen molar-refractivity contribution in [2.75, 3.05) is 7.11 Å². The molecule has 3 aromatic carbocycles. The standard InChI is InChI=1S/C28H26N2O3/c1-28(32)17-21-24(26(30-29-21)18-11-5-3-6-12-18)23(20-15-9-10-16-22(20)33-2)25(28)27(31)19-13-7-4-8-14-19/h3-16,23,25,32H,17H2,1-2H3,(H,29,30). The van der Waals surface area contributed by atoms with Gasteiger partial charge >= 0.3 is 0 Å². The van der Waals surface area contributed by atoms with Gasteiger partial charge < -0.3 is 9.84 Å². The summed E-state index contributed by atoms with van der Waals surface area (Å²) >= 11 is 0. The number of aromatic amines is 1. The van der Waals surface area contributed by atoms with Crippen LogP contribution in [0.5, 0.6) is 5.75 Å². The van der Waals surface area contributed by atoms with E-state index in [0.29, 0.717) is 17.7 Å². The number of hydrogen-bond donors (Lipinski definition) is 2. The third-order valence-corrected chi connectivity index (χ3v) is 6.59. The van der Waals surface area contributed by atoms with E-state index in [9.17, 15) is 9.90 Å². The zero-order chi connectivity index (χ0) is 23.0. The Balaban J connectivity index is 1.78. The summed E-state index contributed by atoms with van der Waals surface area (Å²) in [5.41, 5.74) is 3.68. The van der Waals surface area contributed by atoms with E-state index >= 15 is 0 Å². The van der Waals surface area contributed by atoms with Crippen LogP contribution >= 0.6 is 0 Å². The Morgan fingerprint density at radius 1 is 1.00 bits per heavy atom. The number of carbonyl (C=O) groups excluding carboxylic acids is 1. The number of fused-ring (bicyclic) bond motifs is 1. The molecule has 3 unspecified atom stereocenters. The van der Waals surface area contributed by atoms with Crippen molar-refractivity contribution in [1.29, 1.82) is 0 Å². The smallest absolute Gasteiger partial charge is 0.169 e. The van der Waals surface area contributed by atoms with Crippen LogP contribution in [0.4, 0.5) is 0 Å². The fourth-order valence-electron chi connectivity index (χ4n) is 5.14. The lowest BCUT2D eigenvalue weighted by Crippen LogP contribution is -2.48. The Morgan fingerprint density at radius 2 is 1.64 bits per heavy atom. The second kappa shape index (κ2) is 8.34. The first kappa shape index (κ1) is 21.2. The van der Waals surface area contributed by atoms with E-state index in [4.69, 9.17) is 4.74 Å². The van der Waals surface area contributed by atoms with Gasteiger partial charge in [0.15, 0.2) is 5.78 Å². The number of para-hydroxylation sites is 1. The van der Waals surface area contributed by atoms with E-state index in [0.717, 1.165) is 28.1 Å². The van der Waals surface area contributed by atoms with Crippen LogP contribution in [0, 0.1) is 5.92 Å². The van der Waals surface area contributed by atoms with Gasteiger partial charge in [-0.3, -0.25) is 9.89 Å². The predicted octanol–water partition coefficient (Wildman–Crippen LogP) is 5.02. The molecule has 0 saturated carbocycles. The SMILES string of the molecule is COc1ccccc1C1c2c(-c3ccccc3)n[nH]c2CC(C)(O)C1C(=O)c1ccccc1. The van der Waals surface area contributed by atoms with Gasteiger partial charge in [-0.2, -0.15) is 5.10 Å². The van der Waals surface area contributed by atoms with Gasteiger partial charge in [0.25, 0.3) is 0 Å². The van der Waals surface area contributed by atoms with Crippen LogP contribution in [0.2, 0.25) is 0 Å². The Hall–Kier alpha value is -3.70. The van der Waals surface area contributed by atoms with Crippen molar-refractivity contribution >= 4 is 5.78 Å². The highest BCUT2D eigenvalue weighted by Crippen LogP contribution is 2.51. The molecule has 0 saturated heterocycles. The molecule has 0 fully saturated rings. The minimum atomic E-state index is -1.29. The number of Topliss-reactive ketones (excluding diaryl/α,β-unsaturated/α-hetero) is 1. The number of aliphatic hydroxyl groups is 1. The Labute approximate surface area is 193 Å². The molecule has 5 rings (SSSR count). The molecule has 1 heterocycles. The van der Waals surface area contributed by atoms with Crippen LogP contribution in [0.3, 0.4) is 0 Å². The molecule has 2 N–H and O–H groups in total. The molecule has 0 amide bonds. The van der Waals surface area contributed by atoms with Crippen molar-refractivity contribution in [2.45, 2.75) is 24.9 Å². The van der Waals surface area contributed by atoms with E-state index in [1.165, 1.54) is 0 Å². The van der Waals surface area contributed by atoms with Crippen LogP contribution in [-0.2, 0) is 6.42 Å². The molecule has 5 nitrogen and oxygen atoms in total.